The van der Waals surface area contributed by atoms with Gasteiger partial charge in [-0.25, -0.2) is 4.79 Å². The van der Waals surface area contributed by atoms with Gasteiger partial charge in [-0.05, 0) is 45.4 Å². The third kappa shape index (κ3) is 4.54. The van der Waals surface area contributed by atoms with Gasteiger partial charge in [0.05, 0.1) is 0 Å². The van der Waals surface area contributed by atoms with E-state index in [4.69, 9.17) is 4.74 Å². The molecule has 1 saturated carbocycles. The highest BCUT2D eigenvalue weighted by molar-refractivity contribution is 5.67. The number of hydrogen-bond acceptors (Lipinski definition) is 2. The summed E-state index contributed by atoms with van der Waals surface area (Å²) in [5.41, 5.74) is 0.0689. The van der Waals surface area contributed by atoms with E-state index in [1.807, 2.05) is 20.8 Å². The average molecular weight is 213 g/mol. The average Bonchev–Trinajstić information content (AvgIpc) is 1.97. The molecular formula is C12H23NO2. The molecule has 88 valence electrons. The van der Waals surface area contributed by atoms with Gasteiger partial charge in [0.25, 0.3) is 0 Å². The summed E-state index contributed by atoms with van der Waals surface area (Å²) >= 11 is 0. The van der Waals surface area contributed by atoms with Crippen LogP contribution < -0.4 is 5.32 Å². The standard InChI is InChI=1S/C12H23NO2/c1-11(2,3)15-10(14)13-9-8-12(4)6-5-7-12/h5-9H2,1-4H3,(H,13,14). The monoisotopic (exact) mass is 213 g/mol. The van der Waals surface area contributed by atoms with Crippen molar-refractivity contribution in [3.63, 3.8) is 0 Å². The molecule has 0 aromatic carbocycles. The van der Waals surface area contributed by atoms with Gasteiger partial charge < -0.3 is 10.1 Å². The number of hydrogen-bond donors (Lipinski definition) is 1. The molecule has 1 N–H and O–H groups in total. The topological polar surface area (TPSA) is 38.3 Å². The molecule has 15 heavy (non-hydrogen) atoms. The van der Waals surface area contributed by atoms with Crippen LogP contribution in [-0.2, 0) is 4.74 Å². The van der Waals surface area contributed by atoms with Crippen molar-refractivity contribution in [2.45, 2.75) is 59.0 Å². The molecule has 0 atom stereocenters. The first-order chi connectivity index (χ1) is 6.81. The molecule has 1 amide bonds. The van der Waals surface area contributed by atoms with Gasteiger partial charge in [0.2, 0.25) is 0 Å². The van der Waals surface area contributed by atoms with Crippen molar-refractivity contribution in [2.75, 3.05) is 6.54 Å². The van der Waals surface area contributed by atoms with E-state index in [0.29, 0.717) is 5.41 Å². The number of nitrogens with one attached hydrogen (secondary N) is 1. The lowest BCUT2D eigenvalue weighted by molar-refractivity contribution is 0.0510. The minimum atomic E-state index is -0.398. The Hall–Kier alpha value is -0.730. The summed E-state index contributed by atoms with van der Waals surface area (Å²) < 4.78 is 5.15. The van der Waals surface area contributed by atoms with Crippen LogP contribution in [0.2, 0.25) is 0 Å². The minimum Gasteiger partial charge on any atom is -0.444 e. The quantitative estimate of drug-likeness (QED) is 0.782. The summed E-state index contributed by atoms with van der Waals surface area (Å²) in [4.78, 5) is 11.3. The summed E-state index contributed by atoms with van der Waals surface area (Å²) in [7, 11) is 0. The zero-order valence-electron chi connectivity index (χ0n) is 10.4. The van der Waals surface area contributed by atoms with Gasteiger partial charge in [0.15, 0.2) is 0 Å². The first-order valence-corrected chi connectivity index (χ1v) is 5.78. The molecule has 1 aliphatic rings. The fraction of sp³-hybridized carbons (Fsp3) is 0.917. The Labute approximate surface area is 92.6 Å². The summed E-state index contributed by atoms with van der Waals surface area (Å²) in [6.45, 7) is 8.64. The molecular weight excluding hydrogens is 190 g/mol. The lowest BCUT2D eigenvalue weighted by atomic mass is 9.68. The number of rotatable bonds is 3. The smallest absolute Gasteiger partial charge is 0.407 e. The summed E-state index contributed by atoms with van der Waals surface area (Å²) in [5.74, 6) is 0. The summed E-state index contributed by atoms with van der Waals surface area (Å²) in [6, 6.07) is 0. The normalized spacial score (nSPS) is 19.2. The Balaban J connectivity index is 2.12. The molecule has 0 aromatic heterocycles. The van der Waals surface area contributed by atoms with E-state index in [9.17, 15) is 4.79 Å². The number of carbonyl (C=O) groups excluding carboxylic acids is 1. The lowest BCUT2D eigenvalue weighted by Gasteiger charge is -2.38. The Morgan fingerprint density at radius 1 is 1.40 bits per heavy atom. The lowest BCUT2D eigenvalue weighted by Crippen LogP contribution is -2.36. The first kappa shape index (κ1) is 12.3. The third-order valence-corrected chi connectivity index (χ3v) is 2.96. The van der Waals surface area contributed by atoms with Gasteiger partial charge in [-0.3, -0.25) is 0 Å². The minimum absolute atomic E-state index is 0.301. The van der Waals surface area contributed by atoms with Crippen LogP contribution in [0.4, 0.5) is 4.79 Å². The van der Waals surface area contributed by atoms with Crippen molar-refractivity contribution in [3.8, 4) is 0 Å². The van der Waals surface area contributed by atoms with E-state index in [1.165, 1.54) is 19.3 Å². The van der Waals surface area contributed by atoms with Crippen molar-refractivity contribution < 1.29 is 9.53 Å². The SMILES string of the molecule is CC1(CCNC(=O)OC(C)(C)C)CCC1. The molecule has 0 heterocycles. The highest BCUT2D eigenvalue weighted by Gasteiger charge is 2.31. The predicted molar refractivity (Wildman–Crippen MR) is 60.8 cm³/mol. The second-order valence-corrected chi connectivity index (χ2v) is 5.84. The third-order valence-electron chi connectivity index (χ3n) is 2.96. The molecule has 0 bridgehead atoms. The fourth-order valence-corrected chi connectivity index (χ4v) is 1.81. The summed E-state index contributed by atoms with van der Waals surface area (Å²) in [5, 5.41) is 2.80. The number of alkyl carbamates (subject to hydrolysis) is 1. The van der Waals surface area contributed by atoms with Gasteiger partial charge in [0.1, 0.15) is 5.60 Å². The van der Waals surface area contributed by atoms with Crippen LogP contribution in [0.15, 0.2) is 0 Å². The Morgan fingerprint density at radius 3 is 2.40 bits per heavy atom. The van der Waals surface area contributed by atoms with Gasteiger partial charge in [-0.1, -0.05) is 13.3 Å². The van der Waals surface area contributed by atoms with Crippen LogP contribution >= 0.6 is 0 Å². The maximum Gasteiger partial charge on any atom is 0.407 e. The first-order valence-electron chi connectivity index (χ1n) is 5.78. The molecule has 0 radical (unpaired) electrons. The van der Waals surface area contributed by atoms with E-state index in [0.717, 1.165) is 13.0 Å². The molecule has 0 aromatic rings. The maximum atomic E-state index is 11.3. The Bertz CT molecular complexity index is 226. The van der Waals surface area contributed by atoms with E-state index in [1.54, 1.807) is 0 Å². The second kappa shape index (κ2) is 4.42. The largest absolute Gasteiger partial charge is 0.444 e. The summed E-state index contributed by atoms with van der Waals surface area (Å²) in [6.07, 6.45) is 4.69. The molecule has 0 spiro atoms. The van der Waals surface area contributed by atoms with E-state index < -0.39 is 5.60 Å². The number of ether oxygens (including phenoxy) is 1. The van der Waals surface area contributed by atoms with Crippen LogP contribution in [0.3, 0.4) is 0 Å². The van der Waals surface area contributed by atoms with Gasteiger partial charge >= 0.3 is 6.09 Å². The van der Waals surface area contributed by atoms with E-state index in [2.05, 4.69) is 12.2 Å². The van der Waals surface area contributed by atoms with Crippen molar-refractivity contribution in [2.24, 2.45) is 5.41 Å². The van der Waals surface area contributed by atoms with Crippen LogP contribution in [0.1, 0.15) is 53.4 Å². The van der Waals surface area contributed by atoms with Crippen molar-refractivity contribution in [1.82, 2.24) is 5.32 Å². The van der Waals surface area contributed by atoms with Crippen molar-refractivity contribution in [1.29, 1.82) is 0 Å². The maximum absolute atomic E-state index is 11.3. The second-order valence-electron chi connectivity index (χ2n) is 5.84. The van der Waals surface area contributed by atoms with E-state index >= 15 is 0 Å². The Kier molecular flexibility index (Phi) is 3.63. The van der Waals surface area contributed by atoms with Crippen LogP contribution in [0, 0.1) is 5.41 Å². The molecule has 3 heteroatoms. The molecule has 0 aliphatic heterocycles. The highest BCUT2D eigenvalue weighted by Crippen LogP contribution is 2.42. The van der Waals surface area contributed by atoms with Gasteiger partial charge in [-0.2, -0.15) is 0 Å². The van der Waals surface area contributed by atoms with Gasteiger partial charge in [0, 0.05) is 6.54 Å². The van der Waals surface area contributed by atoms with Crippen molar-refractivity contribution in [3.05, 3.63) is 0 Å². The molecule has 0 unspecified atom stereocenters. The Morgan fingerprint density at radius 2 is 2.00 bits per heavy atom. The highest BCUT2D eigenvalue weighted by atomic mass is 16.6. The van der Waals surface area contributed by atoms with Gasteiger partial charge in [-0.15, -0.1) is 0 Å². The molecule has 3 nitrogen and oxygen atoms in total. The predicted octanol–water partition coefficient (Wildman–Crippen LogP) is 3.09. The molecule has 1 aliphatic carbocycles. The van der Waals surface area contributed by atoms with E-state index in [-0.39, 0.29) is 6.09 Å². The fourth-order valence-electron chi connectivity index (χ4n) is 1.81. The van der Waals surface area contributed by atoms with Crippen LogP contribution in [0.5, 0.6) is 0 Å². The number of amides is 1. The zero-order valence-corrected chi connectivity index (χ0v) is 10.4. The van der Waals surface area contributed by atoms with Crippen LogP contribution in [-0.4, -0.2) is 18.2 Å². The molecule has 1 rings (SSSR count). The number of carbonyl (C=O) groups is 1. The van der Waals surface area contributed by atoms with Crippen molar-refractivity contribution >= 4 is 6.09 Å². The van der Waals surface area contributed by atoms with Crippen LogP contribution in [0.25, 0.3) is 0 Å². The molecule has 1 fully saturated rings. The molecule has 0 saturated heterocycles. The zero-order chi connectivity index (χ0) is 11.5.